The lowest BCUT2D eigenvalue weighted by Crippen LogP contribution is -2.55. The summed E-state index contributed by atoms with van der Waals surface area (Å²) in [6, 6.07) is 4.78. The van der Waals surface area contributed by atoms with Gasteiger partial charge < -0.3 is 25.4 Å². The van der Waals surface area contributed by atoms with Crippen molar-refractivity contribution in [2.24, 2.45) is 0 Å². The molecule has 0 bridgehead atoms. The van der Waals surface area contributed by atoms with E-state index < -0.39 is 41.1 Å². The third-order valence-corrected chi connectivity index (χ3v) is 5.32. The van der Waals surface area contributed by atoms with Crippen LogP contribution in [0.15, 0.2) is 24.3 Å². The van der Waals surface area contributed by atoms with Crippen molar-refractivity contribution >= 4 is 29.7 Å². The fraction of sp³-hybridized carbons (Fsp3) is 0.577. The lowest BCUT2D eigenvalue weighted by Gasteiger charge is -2.35. The van der Waals surface area contributed by atoms with Crippen LogP contribution in [-0.4, -0.2) is 70.3 Å². The predicted molar refractivity (Wildman–Crippen MR) is 140 cm³/mol. The lowest BCUT2D eigenvalue weighted by atomic mass is 9.99. The molecule has 0 saturated carbocycles. The molecule has 8 nitrogen and oxygen atoms in total. The van der Waals surface area contributed by atoms with Crippen LogP contribution in [-0.2, 0) is 14.3 Å². The smallest absolute Gasteiger partial charge is 0.408 e. The predicted octanol–water partition coefficient (Wildman–Crippen LogP) is 3.09. The maximum Gasteiger partial charge on any atom is 0.408 e. The highest BCUT2D eigenvalue weighted by molar-refractivity contribution is 7.98. The Labute approximate surface area is 213 Å². The minimum Gasteiger partial charge on any atom is -0.444 e. The third kappa shape index (κ3) is 10.6. The van der Waals surface area contributed by atoms with Crippen LogP contribution in [0, 0.1) is 12.3 Å². The number of amides is 3. The fourth-order valence-electron chi connectivity index (χ4n) is 3.29. The van der Waals surface area contributed by atoms with Crippen molar-refractivity contribution in [3.05, 3.63) is 35.4 Å². The summed E-state index contributed by atoms with van der Waals surface area (Å²) in [4.78, 5) is 41.0. The number of nitrogens with one attached hydrogen (secondary N) is 2. The molecular formula is C26H39N3O5S. The van der Waals surface area contributed by atoms with E-state index in [1.165, 1.54) is 16.7 Å². The number of nitrogens with zero attached hydrogens (tertiary/aromatic N) is 1. The summed E-state index contributed by atoms with van der Waals surface area (Å²) in [7, 11) is 0. The van der Waals surface area contributed by atoms with Gasteiger partial charge in [0.1, 0.15) is 17.7 Å². The highest BCUT2D eigenvalue weighted by Gasteiger charge is 2.37. The number of hydrogen-bond donors (Lipinski definition) is 3. The number of ether oxygens (including phenoxy) is 1. The molecule has 0 radical (unpaired) electrons. The van der Waals surface area contributed by atoms with Crippen LogP contribution in [0.4, 0.5) is 4.79 Å². The lowest BCUT2D eigenvalue weighted by molar-refractivity contribution is -0.143. The number of carbonyl (C=O) groups excluding carboxylic acids is 3. The van der Waals surface area contributed by atoms with Gasteiger partial charge >= 0.3 is 6.09 Å². The summed E-state index contributed by atoms with van der Waals surface area (Å²) in [5.41, 5.74) is -0.132. The minimum atomic E-state index is -1.04. The second-order valence-electron chi connectivity index (χ2n) is 10.1. The number of hydrogen-bond acceptors (Lipinski definition) is 6. The number of carbonyl (C=O) groups is 3. The zero-order chi connectivity index (χ0) is 26.8. The van der Waals surface area contributed by atoms with Gasteiger partial charge in [-0.25, -0.2) is 4.79 Å². The van der Waals surface area contributed by atoms with Crippen molar-refractivity contribution in [1.82, 2.24) is 15.5 Å². The van der Waals surface area contributed by atoms with Gasteiger partial charge in [-0.2, -0.15) is 11.8 Å². The van der Waals surface area contributed by atoms with Gasteiger partial charge in [-0.05, 0) is 77.7 Å². The quantitative estimate of drug-likeness (QED) is 0.422. The van der Waals surface area contributed by atoms with Crippen molar-refractivity contribution in [3.8, 4) is 12.3 Å². The Hall–Kier alpha value is -2.70. The first kappa shape index (κ1) is 30.3. The average molecular weight is 506 g/mol. The highest BCUT2D eigenvalue weighted by Crippen LogP contribution is 2.24. The summed E-state index contributed by atoms with van der Waals surface area (Å²) in [6.07, 6.45) is 6.96. The largest absolute Gasteiger partial charge is 0.444 e. The molecule has 3 N–H and O–H groups in total. The first-order chi connectivity index (χ1) is 16.2. The van der Waals surface area contributed by atoms with E-state index in [1.807, 2.05) is 27.0 Å². The molecule has 194 valence electrons. The van der Waals surface area contributed by atoms with Crippen LogP contribution in [0.25, 0.3) is 0 Å². The van der Waals surface area contributed by atoms with E-state index in [-0.39, 0.29) is 13.2 Å². The standard InChI is InChI=1S/C26H39N3O5S/c1-9-18-10-12-19(13-11-18)21(22(31)28-25(2,3)4)29(15-16-30)23(32)20(14-17-35-8)27-24(33)34-26(5,6)7/h1,10-13,20-21,30H,14-17H2,2-8H3,(H,27,33)(H,28,31). The van der Waals surface area contributed by atoms with Crippen molar-refractivity contribution < 1.29 is 24.2 Å². The van der Waals surface area contributed by atoms with Crippen LogP contribution in [0.3, 0.4) is 0 Å². The Morgan fingerprint density at radius 3 is 2.20 bits per heavy atom. The number of terminal acetylenes is 1. The van der Waals surface area contributed by atoms with Crippen LogP contribution in [0.2, 0.25) is 0 Å². The number of thioether (sulfide) groups is 1. The SMILES string of the molecule is C#Cc1ccc(C(C(=O)NC(C)(C)C)N(CCO)C(=O)C(CCSC)NC(=O)OC(C)(C)C)cc1. The van der Waals surface area contributed by atoms with Gasteiger partial charge in [0, 0.05) is 17.6 Å². The number of aliphatic hydroxyl groups is 1. The number of rotatable bonds is 10. The summed E-state index contributed by atoms with van der Waals surface area (Å²) in [5.74, 6) is 2.23. The van der Waals surface area contributed by atoms with Gasteiger partial charge in [-0.1, -0.05) is 18.1 Å². The minimum absolute atomic E-state index is 0.107. The normalized spacial score (nSPS) is 13.2. The van der Waals surface area contributed by atoms with Crippen LogP contribution >= 0.6 is 11.8 Å². The summed E-state index contributed by atoms with van der Waals surface area (Å²) in [5, 5.41) is 15.4. The second-order valence-corrected chi connectivity index (χ2v) is 11.1. The van der Waals surface area contributed by atoms with Gasteiger partial charge in [0.05, 0.1) is 6.61 Å². The number of alkyl carbamates (subject to hydrolysis) is 1. The molecule has 1 aromatic rings. The zero-order valence-electron chi connectivity index (χ0n) is 21.8. The van der Waals surface area contributed by atoms with E-state index in [0.717, 1.165) is 0 Å². The summed E-state index contributed by atoms with van der Waals surface area (Å²) >= 11 is 1.53. The van der Waals surface area contributed by atoms with Gasteiger partial charge in [0.15, 0.2) is 0 Å². The van der Waals surface area contributed by atoms with Crippen molar-refractivity contribution in [1.29, 1.82) is 0 Å². The van der Waals surface area contributed by atoms with Crippen LogP contribution < -0.4 is 10.6 Å². The maximum absolute atomic E-state index is 13.8. The summed E-state index contributed by atoms with van der Waals surface area (Å²) in [6.45, 7) is 10.2. The Morgan fingerprint density at radius 2 is 1.74 bits per heavy atom. The zero-order valence-corrected chi connectivity index (χ0v) is 22.6. The molecule has 1 aromatic carbocycles. The average Bonchev–Trinajstić information content (AvgIpc) is 2.73. The molecule has 0 fully saturated rings. The molecule has 0 aliphatic carbocycles. The van der Waals surface area contributed by atoms with E-state index >= 15 is 0 Å². The van der Waals surface area contributed by atoms with Crippen molar-refractivity contribution in [2.75, 3.05) is 25.2 Å². The Bertz CT molecular complexity index is 898. The van der Waals surface area contributed by atoms with E-state index in [0.29, 0.717) is 23.3 Å². The van der Waals surface area contributed by atoms with E-state index in [2.05, 4.69) is 16.6 Å². The molecule has 3 amide bonds. The molecule has 0 aliphatic rings. The molecule has 0 spiro atoms. The molecule has 0 aromatic heterocycles. The molecule has 1 rings (SSSR count). The molecule has 0 aliphatic heterocycles. The molecule has 2 unspecified atom stereocenters. The number of benzene rings is 1. The van der Waals surface area contributed by atoms with Gasteiger partial charge in [-0.3, -0.25) is 9.59 Å². The van der Waals surface area contributed by atoms with E-state index in [1.54, 1.807) is 45.0 Å². The van der Waals surface area contributed by atoms with Gasteiger partial charge in [-0.15, -0.1) is 6.42 Å². The first-order valence-electron chi connectivity index (χ1n) is 11.5. The summed E-state index contributed by atoms with van der Waals surface area (Å²) < 4.78 is 5.35. The molecule has 35 heavy (non-hydrogen) atoms. The van der Waals surface area contributed by atoms with Gasteiger partial charge in [0.25, 0.3) is 0 Å². The Kier molecular flexibility index (Phi) is 11.6. The topological polar surface area (TPSA) is 108 Å². The number of aliphatic hydroxyl groups excluding tert-OH is 1. The molecule has 0 heterocycles. The second kappa shape index (κ2) is 13.4. The molecule has 9 heteroatoms. The fourth-order valence-corrected chi connectivity index (χ4v) is 3.76. The van der Waals surface area contributed by atoms with Crippen molar-refractivity contribution in [2.45, 2.75) is 71.2 Å². The molecule has 0 saturated heterocycles. The van der Waals surface area contributed by atoms with Gasteiger partial charge in [0.2, 0.25) is 11.8 Å². The first-order valence-corrected chi connectivity index (χ1v) is 12.9. The highest BCUT2D eigenvalue weighted by atomic mass is 32.2. The van der Waals surface area contributed by atoms with E-state index in [9.17, 15) is 19.5 Å². The Balaban J connectivity index is 3.44. The molecule has 2 atom stereocenters. The Morgan fingerprint density at radius 1 is 1.14 bits per heavy atom. The van der Waals surface area contributed by atoms with Crippen molar-refractivity contribution in [3.63, 3.8) is 0 Å². The third-order valence-electron chi connectivity index (χ3n) is 4.68. The van der Waals surface area contributed by atoms with Crippen LogP contribution in [0.1, 0.15) is 65.1 Å². The maximum atomic E-state index is 13.8. The van der Waals surface area contributed by atoms with E-state index in [4.69, 9.17) is 11.2 Å². The van der Waals surface area contributed by atoms with Crippen LogP contribution in [0.5, 0.6) is 0 Å². The molecular weight excluding hydrogens is 466 g/mol. The monoisotopic (exact) mass is 505 g/mol.